The highest BCUT2D eigenvalue weighted by Gasteiger charge is 2.44. The smallest absolute Gasteiger partial charge is 0.409 e. The van der Waals surface area contributed by atoms with Crippen molar-refractivity contribution >= 4 is 6.09 Å². The third-order valence-electron chi connectivity index (χ3n) is 7.31. The number of piperidine rings is 1. The normalized spacial score (nSPS) is 26.2. The minimum absolute atomic E-state index is 0.0883. The Kier molecular flexibility index (Phi) is 4.83. The summed E-state index contributed by atoms with van der Waals surface area (Å²) in [6, 6.07) is 16.8. The van der Waals surface area contributed by atoms with E-state index < -0.39 is 0 Å². The van der Waals surface area contributed by atoms with Crippen LogP contribution in [0, 0.1) is 5.41 Å². The first kappa shape index (κ1) is 18.7. The molecule has 3 aliphatic rings. The van der Waals surface area contributed by atoms with Crippen molar-refractivity contribution in [1.82, 2.24) is 4.90 Å². The van der Waals surface area contributed by atoms with Crippen LogP contribution in [0.25, 0.3) is 11.1 Å². The predicted octanol–water partition coefficient (Wildman–Crippen LogP) is 4.95. The number of fused-ring (bicyclic) bond motifs is 3. The molecule has 1 heterocycles. The van der Waals surface area contributed by atoms with Crippen molar-refractivity contribution in [3.05, 3.63) is 59.7 Å². The van der Waals surface area contributed by atoms with Gasteiger partial charge in [0, 0.05) is 24.4 Å². The molecular weight excluding hydrogens is 362 g/mol. The second-order valence-corrected chi connectivity index (χ2v) is 8.95. The highest BCUT2D eigenvalue weighted by molar-refractivity contribution is 5.79. The molecule has 152 valence electrons. The van der Waals surface area contributed by atoms with Crippen molar-refractivity contribution in [2.24, 2.45) is 5.41 Å². The maximum atomic E-state index is 12.9. The summed E-state index contributed by atoms with van der Waals surface area (Å²) in [5.41, 5.74) is 4.83. The SMILES string of the molecule is O=C(OCC1c2ccccc2-c2ccccc21)N1CCCC2(CCCCC2O)C1. The van der Waals surface area contributed by atoms with Crippen molar-refractivity contribution in [3.63, 3.8) is 0 Å². The van der Waals surface area contributed by atoms with Crippen molar-refractivity contribution in [3.8, 4) is 11.1 Å². The van der Waals surface area contributed by atoms with Crippen LogP contribution in [-0.4, -0.2) is 41.9 Å². The lowest BCUT2D eigenvalue weighted by molar-refractivity contribution is -0.0566. The molecule has 2 atom stereocenters. The van der Waals surface area contributed by atoms with E-state index in [4.69, 9.17) is 4.74 Å². The Balaban J connectivity index is 1.30. The number of carbonyl (C=O) groups excluding carboxylic acids is 1. The second kappa shape index (κ2) is 7.49. The van der Waals surface area contributed by atoms with Crippen molar-refractivity contribution < 1.29 is 14.6 Å². The lowest BCUT2D eigenvalue weighted by Gasteiger charge is -2.47. The molecule has 1 N–H and O–H groups in total. The number of aliphatic hydroxyl groups excluding tert-OH is 1. The van der Waals surface area contributed by atoms with Crippen LogP contribution in [0.15, 0.2) is 48.5 Å². The van der Waals surface area contributed by atoms with E-state index in [0.29, 0.717) is 13.2 Å². The van der Waals surface area contributed by atoms with E-state index in [9.17, 15) is 9.90 Å². The van der Waals surface area contributed by atoms with E-state index in [-0.39, 0.29) is 23.5 Å². The second-order valence-electron chi connectivity index (χ2n) is 8.95. The zero-order chi connectivity index (χ0) is 19.8. The minimum atomic E-state index is -0.291. The lowest BCUT2D eigenvalue weighted by Crippen LogP contribution is -2.52. The van der Waals surface area contributed by atoms with Gasteiger partial charge in [0.15, 0.2) is 0 Å². The number of nitrogens with zero attached hydrogens (tertiary/aromatic N) is 1. The molecule has 1 aliphatic heterocycles. The van der Waals surface area contributed by atoms with Gasteiger partial charge >= 0.3 is 6.09 Å². The summed E-state index contributed by atoms with van der Waals surface area (Å²) in [6.07, 6.45) is 5.55. The molecule has 2 aliphatic carbocycles. The number of carbonyl (C=O) groups is 1. The number of ether oxygens (including phenoxy) is 1. The molecule has 1 saturated heterocycles. The van der Waals surface area contributed by atoms with Gasteiger partial charge in [-0.15, -0.1) is 0 Å². The zero-order valence-corrected chi connectivity index (χ0v) is 16.8. The number of likely N-dealkylation sites (tertiary alicyclic amines) is 1. The van der Waals surface area contributed by atoms with E-state index in [1.807, 2.05) is 4.90 Å². The summed E-state index contributed by atoms with van der Waals surface area (Å²) < 4.78 is 5.85. The van der Waals surface area contributed by atoms with Crippen LogP contribution in [-0.2, 0) is 4.74 Å². The Morgan fingerprint density at radius 1 is 1.00 bits per heavy atom. The van der Waals surface area contributed by atoms with E-state index in [2.05, 4.69) is 48.5 Å². The average molecular weight is 392 g/mol. The fourth-order valence-electron chi connectivity index (χ4n) is 5.76. The minimum Gasteiger partial charge on any atom is -0.448 e. The quantitative estimate of drug-likeness (QED) is 0.788. The Morgan fingerprint density at radius 3 is 2.34 bits per heavy atom. The largest absolute Gasteiger partial charge is 0.448 e. The molecule has 0 aromatic heterocycles. The van der Waals surface area contributed by atoms with Gasteiger partial charge in [-0.25, -0.2) is 4.79 Å². The Hall–Kier alpha value is -2.33. The average Bonchev–Trinajstić information content (AvgIpc) is 3.08. The number of aliphatic hydroxyl groups is 1. The van der Waals surface area contributed by atoms with Gasteiger partial charge in [0.25, 0.3) is 0 Å². The van der Waals surface area contributed by atoms with Gasteiger partial charge in [0.05, 0.1) is 6.10 Å². The van der Waals surface area contributed by atoms with Crippen molar-refractivity contribution in [1.29, 1.82) is 0 Å². The highest BCUT2D eigenvalue weighted by Crippen LogP contribution is 2.45. The summed E-state index contributed by atoms with van der Waals surface area (Å²) >= 11 is 0. The van der Waals surface area contributed by atoms with Crippen LogP contribution in [0.4, 0.5) is 4.79 Å². The first-order valence-electron chi connectivity index (χ1n) is 11.0. The lowest BCUT2D eigenvalue weighted by atomic mass is 9.67. The standard InChI is InChI=1S/C25H29NO3/c27-23-12-5-6-13-25(23)14-7-15-26(17-25)24(28)29-16-22-20-10-3-1-8-18(20)19-9-2-4-11-21(19)22/h1-4,8-11,22-23,27H,5-7,12-17H2. The van der Waals surface area contributed by atoms with E-state index in [1.165, 1.54) is 22.3 Å². The van der Waals surface area contributed by atoms with E-state index in [0.717, 1.165) is 45.1 Å². The molecule has 2 fully saturated rings. The number of amides is 1. The number of hydrogen-bond acceptors (Lipinski definition) is 3. The van der Waals surface area contributed by atoms with Crippen LogP contribution in [0.5, 0.6) is 0 Å². The summed E-state index contributed by atoms with van der Waals surface area (Å²) in [7, 11) is 0. The molecule has 2 aromatic carbocycles. The van der Waals surface area contributed by atoms with E-state index >= 15 is 0 Å². The Morgan fingerprint density at radius 2 is 1.66 bits per heavy atom. The van der Waals surface area contributed by atoms with Gasteiger partial charge < -0.3 is 14.7 Å². The molecular formula is C25H29NO3. The number of benzene rings is 2. The molecule has 5 rings (SSSR count). The van der Waals surface area contributed by atoms with Crippen LogP contribution in [0.2, 0.25) is 0 Å². The maximum absolute atomic E-state index is 12.9. The van der Waals surface area contributed by atoms with Crippen LogP contribution in [0.3, 0.4) is 0 Å². The van der Waals surface area contributed by atoms with Gasteiger partial charge in [0.2, 0.25) is 0 Å². The third-order valence-corrected chi connectivity index (χ3v) is 7.31. The molecule has 29 heavy (non-hydrogen) atoms. The maximum Gasteiger partial charge on any atom is 0.409 e. The zero-order valence-electron chi connectivity index (χ0n) is 16.8. The van der Waals surface area contributed by atoms with Crippen LogP contribution >= 0.6 is 0 Å². The summed E-state index contributed by atoms with van der Waals surface area (Å²) in [5, 5.41) is 10.6. The van der Waals surface area contributed by atoms with Crippen LogP contribution in [0.1, 0.15) is 55.6 Å². The summed E-state index contributed by atoms with van der Waals surface area (Å²) in [4.78, 5) is 14.8. The first-order valence-corrected chi connectivity index (χ1v) is 11.0. The molecule has 1 amide bonds. The number of hydrogen-bond donors (Lipinski definition) is 1. The summed E-state index contributed by atoms with van der Waals surface area (Å²) in [5.74, 6) is 0.0883. The van der Waals surface area contributed by atoms with Gasteiger partial charge in [-0.2, -0.15) is 0 Å². The molecule has 1 saturated carbocycles. The fraction of sp³-hybridized carbons (Fsp3) is 0.480. The molecule has 4 heteroatoms. The molecule has 0 bridgehead atoms. The predicted molar refractivity (Wildman–Crippen MR) is 113 cm³/mol. The molecule has 2 unspecified atom stereocenters. The highest BCUT2D eigenvalue weighted by atomic mass is 16.6. The van der Waals surface area contributed by atoms with Crippen molar-refractivity contribution in [2.75, 3.05) is 19.7 Å². The Labute approximate surface area is 172 Å². The molecule has 2 aromatic rings. The van der Waals surface area contributed by atoms with Gasteiger partial charge in [0.1, 0.15) is 6.61 Å². The molecule has 0 radical (unpaired) electrons. The van der Waals surface area contributed by atoms with Crippen molar-refractivity contribution in [2.45, 2.75) is 50.5 Å². The van der Waals surface area contributed by atoms with Gasteiger partial charge in [-0.05, 0) is 47.9 Å². The van der Waals surface area contributed by atoms with Crippen LogP contribution < -0.4 is 0 Å². The Bertz CT molecular complexity index is 861. The summed E-state index contributed by atoms with van der Waals surface area (Å²) in [6.45, 7) is 1.72. The van der Waals surface area contributed by atoms with Gasteiger partial charge in [-0.1, -0.05) is 61.4 Å². The number of rotatable bonds is 2. The topological polar surface area (TPSA) is 49.8 Å². The van der Waals surface area contributed by atoms with Gasteiger partial charge in [-0.3, -0.25) is 0 Å². The third kappa shape index (κ3) is 3.24. The molecule has 1 spiro atoms. The fourth-order valence-corrected chi connectivity index (χ4v) is 5.76. The van der Waals surface area contributed by atoms with E-state index in [1.54, 1.807) is 0 Å². The molecule has 4 nitrogen and oxygen atoms in total. The monoisotopic (exact) mass is 391 g/mol. The first-order chi connectivity index (χ1) is 14.2.